The highest BCUT2D eigenvalue weighted by atomic mass is 35.5. The Hall–Kier alpha value is -2.56. The molecule has 1 aromatic carbocycles. The minimum atomic E-state index is -4.97. The Labute approximate surface area is 169 Å². The van der Waals surface area contributed by atoms with Crippen LogP contribution in [0.4, 0.5) is 23.7 Å². The standard InChI is InChI=1S/C17H19ClF3N3O5/c1-9(2)23(10-4-3-5-22(8-10)16(26)27)15(25)11-6-14(24(28)29)13(18)7-12(11)17(19,20)21/h6-7,9-10H,3-5,8H2,1-2H3,(H,26,27)/t10-/m1/s1. The topological polar surface area (TPSA) is 104 Å². The molecule has 8 nitrogen and oxygen atoms in total. The van der Waals surface area contributed by atoms with Crippen molar-refractivity contribution >= 4 is 29.3 Å². The number of rotatable bonds is 4. The van der Waals surface area contributed by atoms with Crippen molar-refractivity contribution in [2.45, 2.75) is 44.9 Å². The van der Waals surface area contributed by atoms with Crippen LogP contribution in [0.3, 0.4) is 0 Å². The van der Waals surface area contributed by atoms with E-state index in [2.05, 4.69) is 0 Å². The monoisotopic (exact) mass is 437 g/mol. The number of alkyl halides is 3. The third-order valence-electron chi connectivity index (χ3n) is 4.67. The first kappa shape index (κ1) is 22.7. The largest absolute Gasteiger partial charge is 0.465 e. The number of hydrogen-bond donors (Lipinski definition) is 1. The SMILES string of the molecule is CC(C)N(C(=O)c1cc([N+](=O)[O-])c(Cl)cc1C(F)(F)F)[C@@H]1CCCN(C(=O)O)C1. The molecule has 0 bridgehead atoms. The van der Waals surface area contributed by atoms with Crippen molar-refractivity contribution < 1.29 is 32.8 Å². The number of piperidine rings is 1. The average molecular weight is 438 g/mol. The molecule has 160 valence electrons. The summed E-state index contributed by atoms with van der Waals surface area (Å²) in [5.74, 6) is -1.07. The average Bonchev–Trinajstić information content (AvgIpc) is 2.60. The van der Waals surface area contributed by atoms with Gasteiger partial charge in [0.25, 0.3) is 11.6 Å². The van der Waals surface area contributed by atoms with Crippen LogP contribution in [0.15, 0.2) is 12.1 Å². The van der Waals surface area contributed by atoms with Crippen molar-refractivity contribution in [1.29, 1.82) is 0 Å². The molecule has 1 aliphatic heterocycles. The fourth-order valence-electron chi connectivity index (χ4n) is 3.43. The number of carbonyl (C=O) groups is 2. The van der Waals surface area contributed by atoms with Gasteiger partial charge in [-0.05, 0) is 32.8 Å². The van der Waals surface area contributed by atoms with Crippen molar-refractivity contribution in [3.8, 4) is 0 Å². The highest BCUT2D eigenvalue weighted by Gasteiger charge is 2.41. The fraction of sp³-hybridized carbons (Fsp3) is 0.529. The van der Waals surface area contributed by atoms with Crippen molar-refractivity contribution in [3.05, 3.63) is 38.4 Å². The molecule has 0 radical (unpaired) electrons. The van der Waals surface area contributed by atoms with Gasteiger partial charge in [0.2, 0.25) is 0 Å². The second-order valence-electron chi connectivity index (χ2n) is 6.93. The van der Waals surface area contributed by atoms with E-state index in [0.29, 0.717) is 25.0 Å². The maximum absolute atomic E-state index is 13.5. The van der Waals surface area contributed by atoms with Gasteiger partial charge in [-0.25, -0.2) is 4.79 Å². The molecule has 0 unspecified atom stereocenters. The lowest BCUT2D eigenvalue weighted by atomic mass is 9.99. The molecule has 1 fully saturated rings. The lowest BCUT2D eigenvalue weighted by molar-refractivity contribution is -0.384. The smallest absolute Gasteiger partial charge is 0.417 e. The molecular weight excluding hydrogens is 419 g/mol. The number of carboxylic acid groups (broad SMARTS) is 1. The summed E-state index contributed by atoms with van der Waals surface area (Å²) in [6, 6.07) is -0.337. The minimum Gasteiger partial charge on any atom is -0.465 e. The van der Waals surface area contributed by atoms with Crippen molar-refractivity contribution in [2.75, 3.05) is 13.1 Å². The fourth-order valence-corrected chi connectivity index (χ4v) is 3.66. The first-order valence-electron chi connectivity index (χ1n) is 8.70. The molecule has 0 saturated carbocycles. The maximum Gasteiger partial charge on any atom is 0.417 e. The molecule has 0 aliphatic carbocycles. The normalized spacial score (nSPS) is 17.3. The van der Waals surface area contributed by atoms with E-state index in [1.54, 1.807) is 13.8 Å². The Kier molecular flexibility index (Phi) is 6.61. The number of nitro benzene ring substituents is 1. The van der Waals surface area contributed by atoms with E-state index in [-0.39, 0.29) is 13.1 Å². The first-order chi connectivity index (χ1) is 13.3. The Morgan fingerprint density at radius 1 is 1.38 bits per heavy atom. The maximum atomic E-state index is 13.5. The molecule has 1 atom stereocenters. The second-order valence-corrected chi connectivity index (χ2v) is 7.34. The van der Waals surface area contributed by atoms with Gasteiger partial charge in [0, 0.05) is 25.2 Å². The molecule has 0 aromatic heterocycles. The van der Waals surface area contributed by atoms with E-state index < -0.39 is 57.0 Å². The molecular formula is C17H19ClF3N3O5. The number of nitrogens with zero attached hydrogens (tertiary/aromatic N) is 3. The van der Waals surface area contributed by atoms with Gasteiger partial charge in [0.05, 0.1) is 22.1 Å². The van der Waals surface area contributed by atoms with Gasteiger partial charge in [-0.2, -0.15) is 13.2 Å². The number of nitro groups is 1. The van der Waals surface area contributed by atoms with Crippen molar-refractivity contribution in [1.82, 2.24) is 9.80 Å². The second kappa shape index (κ2) is 8.44. The Morgan fingerprint density at radius 2 is 2.00 bits per heavy atom. The summed E-state index contributed by atoms with van der Waals surface area (Å²) in [6.07, 6.45) is -5.33. The minimum absolute atomic E-state index is 0.0592. The summed E-state index contributed by atoms with van der Waals surface area (Å²) in [4.78, 5) is 36.8. The molecule has 0 spiro atoms. The van der Waals surface area contributed by atoms with Gasteiger partial charge in [-0.15, -0.1) is 0 Å². The summed E-state index contributed by atoms with van der Waals surface area (Å²) >= 11 is 5.61. The van der Waals surface area contributed by atoms with Crippen LogP contribution in [0.5, 0.6) is 0 Å². The Balaban J connectivity index is 2.55. The van der Waals surface area contributed by atoms with Crippen LogP contribution in [0.2, 0.25) is 5.02 Å². The molecule has 1 aliphatic rings. The van der Waals surface area contributed by atoms with Crippen LogP contribution < -0.4 is 0 Å². The van der Waals surface area contributed by atoms with E-state index in [4.69, 9.17) is 11.6 Å². The first-order valence-corrected chi connectivity index (χ1v) is 9.08. The van der Waals surface area contributed by atoms with Crippen LogP contribution in [-0.2, 0) is 6.18 Å². The summed E-state index contributed by atoms with van der Waals surface area (Å²) in [5.41, 5.74) is -3.09. The van der Waals surface area contributed by atoms with Crippen molar-refractivity contribution in [2.24, 2.45) is 0 Å². The van der Waals surface area contributed by atoms with E-state index in [1.165, 1.54) is 0 Å². The number of amides is 2. The third-order valence-corrected chi connectivity index (χ3v) is 4.97. The number of hydrogen-bond acceptors (Lipinski definition) is 4. The van der Waals surface area contributed by atoms with Gasteiger partial charge >= 0.3 is 12.3 Å². The van der Waals surface area contributed by atoms with E-state index in [1.807, 2.05) is 0 Å². The quantitative estimate of drug-likeness (QED) is 0.559. The zero-order valence-electron chi connectivity index (χ0n) is 15.6. The predicted octanol–water partition coefficient (Wildman–Crippen LogP) is 4.26. The van der Waals surface area contributed by atoms with Gasteiger partial charge in [0.15, 0.2) is 0 Å². The molecule has 1 N–H and O–H groups in total. The zero-order valence-corrected chi connectivity index (χ0v) is 16.3. The van der Waals surface area contributed by atoms with Gasteiger partial charge < -0.3 is 14.9 Å². The van der Waals surface area contributed by atoms with Gasteiger partial charge in [0.1, 0.15) is 5.02 Å². The molecule has 1 aromatic rings. The lowest BCUT2D eigenvalue weighted by Gasteiger charge is -2.40. The zero-order chi connectivity index (χ0) is 22.1. The summed E-state index contributed by atoms with van der Waals surface area (Å²) < 4.78 is 40.5. The van der Waals surface area contributed by atoms with Gasteiger partial charge in [-0.3, -0.25) is 14.9 Å². The number of carbonyl (C=O) groups excluding carboxylic acids is 1. The number of likely N-dealkylation sites (tertiary alicyclic amines) is 1. The Morgan fingerprint density at radius 3 is 2.48 bits per heavy atom. The summed E-state index contributed by atoms with van der Waals surface area (Å²) in [6.45, 7) is 3.35. The third kappa shape index (κ3) is 4.89. The molecule has 2 amide bonds. The van der Waals surface area contributed by atoms with Crippen molar-refractivity contribution in [3.63, 3.8) is 0 Å². The summed E-state index contributed by atoms with van der Waals surface area (Å²) in [5, 5.41) is 19.6. The summed E-state index contributed by atoms with van der Waals surface area (Å²) in [7, 11) is 0. The molecule has 2 rings (SSSR count). The molecule has 1 saturated heterocycles. The molecule has 12 heteroatoms. The predicted molar refractivity (Wildman–Crippen MR) is 97.0 cm³/mol. The van der Waals surface area contributed by atoms with Gasteiger partial charge in [-0.1, -0.05) is 11.6 Å². The molecule has 29 heavy (non-hydrogen) atoms. The number of benzene rings is 1. The number of halogens is 4. The van der Waals surface area contributed by atoms with Crippen LogP contribution in [0, 0.1) is 10.1 Å². The van der Waals surface area contributed by atoms with Crippen LogP contribution in [0.1, 0.15) is 42.6 Å². The highest BCUT2D eigenvalue weighted by Crippen LogP contribution is 2.38. The highest BCUT2D eigenvalue weighted by molar-refractivity contribution is 6.33. The van der Waals surface area contributed by atoms with E-state index >= 15 is 0 Å². The molecule has 1 heterocycles. The Bertz CT molecular complexity index is 831. The lowest BCUT2D eigenvalue weighted by Crippen LogP contribution is -2.54. The van der Waals surface area contributed by atoms with Crippen LogP contribution >= 0.6 is 11.6 Å². The van der Waals surface area contributed by atoms with E-state index in [0.717, 1.165) is 9.80 Å². The van der Waals surface area contributed by atoms with Crippen LogP contribution in [-0.4, -0.2) is 57.0 Å². The van der Waals surface area contributed by atoms with Crippen LogP contribution in [0.25, 0.3) is 0 Å². The van der Waals surface area contributed by atoms with E-state index in [9.17, 15) is 38.0 Å².